The molecule has 1 aliphatic rings. The lowest BCUT2D eigenvalue weighted by Crippen LogP contribution is -2.29. The molecule has 0 saturated heterocycles. The highest BCUT2D eigenvalue weighted by molar-refractivity contribution is 5.96. The Bertz CT molecular complexity index is 1900. The predicted octanol–water partition coefficient (Wildman–Crippen LogP) is 6.41. The van der Waals surface area contributed by atoms with Gasteiger partial charge in [0.2, 0.25) is 5.95 Å². The molecule has 270 valence electrons. The van der Waals surface area contributed by atoms with Crippen molar-refractivity contribution in [1.82, 2.24) is 19.9 Å². The second-order valence-corrected chi connectivity index (χ2v) is 13.8. The van der Waals surface area contributed by atoms with Crippen LogP contribution in [0.4, 0.5) is 34.5 Å². The molecular weight excluding hydrogens is 652 g/mol. The number of aromatic nitrogens is 3. The first-order valence-corrected chi connectivity index (χ1v) is 16.7. The van der Waals surface area contributed by atoms with Gasteiger partial charge >= 0.3 is 5.97 Å². The van der Waals surface area contributed by atoms with Gasteiger partial charge in [-0.05, 0) is 64.7 Å². The molecule has 0 spiro atoms. The van der Waals surface area contributed by atoms with Gasteiger partial charge in [-0.3, -0.25) is 15.1 Å². The number of anilines is 5. The molecular formula is C37H46N8O6. The zero-order valence-electron chi connectivity index (χ0n) is 30.7. The number of nitrogens with zero attached hydrogens (tertiary/aromatic N) is 7. The standard InChI is InChI=1S/C37H46N8O6/c1-23(2)51-35(46)27-20-38-36(41-34(27)44-22-37(4,5)33-29(44)15-10-24(3)39-33)40-28-18-31(45(47)48)30(43(8)17-16-42(6)7)19-32(28)50-21-25-11-13-26(49-9)14-12-25/h10-15,18-20,23H,16-17,21-22H2,1-9H3,(H,38,40,41). The maximum Gasteiger partial charge on any atom is 0.343 e. The molecule has 0 fully saturated rings. The zero-order chi connectivity index (χ0) is 37.0. The number of benzene rings is 2. The molecule has 51 heavy (non-hydrogen) atoms. The van der Waals surface area contributed by atoms with Gasteiger partial charge in [-0.25, -0.2) is 9.78 Å². The van der Waals surface area contributed by atoms with Gasteiger partial charge in [0.15, 0.2) is 5.82 Å². The molecule has 0 aliphatic carbocycles. The fraction of sp³-hybridized carbons (Fsp3) is 0.405. The SMILES string of the molecule is COc1ccc(COc2cc(N(C)CCN(C)C)c([N+](=O)[O-])cc2Nc2ncc(C(=O)OC(C)C)c(N3CC(C)(C)c4nc(C)ccc43)n2)cc1. The minimum Gasteiger partial charge on any atom is -0.497 e. The van der Waals surface area contributed by atoms with Crippen LogP contribution in [0.5, 0.6) is 11.5 Å². The van der Waals surface area contributed by atoms with Crippen LogP contribution in [0.2, 0.25) is 0 Å². The van der Waals surface area contributed by atoms with Crippen LogP contribution in [-0.2, 0) is 16.8 Å². The van der Waals surface area contributed by atoms with E-state index in [1.165, 1.54) is 12.3 Å². The number of carbonyl (C=O) groups excluding carboxylic acids is 1. The lowest BCUT2D eigenvalue weighted by Gasteiger charge is -2.24. The molecule has 3 heterocycles. The van der Waals surface area contributed by atoms with Crippen LogP contribution in [0, 0.1) is 17.0 Å². The molecule has 0 bridgehead atoms. The molecule has 1 N–H and O–H groups in total. The number of nitrogens with one attached hydrogen (secondary N) is 1. The van der Waals surface area contributed by atoms with Crippen molar-refractivity contribution in [2.75, 3.05) is 63.0 Å². The molecule has 5 rings (SSSR count). The molecule has 4 aromatic rings. The number of aryl methyl sites for hydroxylation is 1. The van der Waals surface area contributed by atoms with E-state index in [0.29, 0.717) is 42.6 Å². The number of nitro groups is 1. The predicted molar refractivity (Wildman–Crippen MR) is 197 cm³/mol. The Hall–Kier alpha value is -5.50. The first-order valence-electron chi connectivity index (χ1n) is 16.7. The van der Waals surface area contributed by atoms with Gasteiger partial charge in [0.1, 0.15) is 29.4 Å². The topological polar surface area (TPSA) is 148 Å². The Labute approximate surface area is 298 Å². The van der Waals surface area contributed by atoms with Crippen molar-refractivity contribution >= 4 is 40.5 Å². The number of fused-ring (bicyclic) bond motifs is 1. The Kier molecular flexibility index (Phi) is 10.9. The summed E-state index contributed by atoms with van der Waals surface area (Å²) in [6.45, 7) is 11.6. The molecule has 0 radical (unpaired) electrons. The van der Waals surface area contributed by atoms with Gasteiger partial charge < -0.3 is 34.2 Å². The van der Waals surface area contributed by atoms with Gasteiger partial charge in [-0.2, -0.15) is 4.98 Å². The van der Waals surface area contributed by atoms with Crippen LogP contribution in [-0.4, -0.2) is 84.7 Å². The van der Waals surface area contributed by atoms with E-state index in [9.17, 15) is 14.9 Å². The van der Waals surface area contributed by atoms with Crippen LogP contribution in [0.3, 0.4) is 0 Å². The van der Waals surface area contributed by atoms with E-state index in [0.717, 1.165) is 22.6 Å². The van der Waals surface area contributed by atoms with Crippen molar-refractivity contribution < 1.29 is 23.9 Å². The summed E-state index contributed by atoms with van der Waals surface area (Å²) < 4.78 is 17.2. The number of hydrogen-bond acceptors (Lipinski definition) is 13. The quantitative estimate of drug-likeness (QED) is 0.0879. The van der Waals surface area contributed by atoms with Crippen molar-refractivity contribution in [1.29, 1.82) is 0 Å². The van der Waals surface area contributed by atoms with Gasteiger partial charge in [0.25, 0.3) is 5.69 Å². The third-order valence-electron chi connectivity index (χ3n) is 8.45. The van der Waals surface area contributed by atoms with Gasteiger partial charge in [-0.15, -0.1) is 0 Å². The Morgan fingerprint density at radius 2 is 1.80 bits per heavy atom. The second kappa shape index (κ2) is 15.2. The smallest absolute Gasteiger partial charge is 0.343 e. The Morgan fingerprint density at radius 3 is 2.45 bits per heavy atom. The Morgan fingerprint density at radius 1 is 1.08 bits per heavy atom. The summed E-state index contributed by atoms with van der Waals surface area (Å²) in [5.74, 6) is 0.927. The lowest BCUT2D eigenvalue weighted by atomic mass is 9.91. The third-order valence-corrected chi connectivity index (χ3v) is 8.45. The molecule has 0 atom stereocenters. The number of methoxy groups -OCH3 is 1. The van der Waals surface area contributed by atoms with Crippen LogP contribution in [0.1, 0.15) is 55.0 Å². The summed E-state index contributed by atoms with van der Waals surface area (Å²) >= 11 is 0. The summed E-state index contributed by atoms with van der Waals surface area (Å²) in [5, 5.41) is 15.6. The molecule has 0 amide bonds. The molecule has 0 saturated carbocycles. The first-order chi connectivity index (χ1) is 24.2. The van der Waals surface area contributed by atoms with E-state index in [1.54, 1.807) is 27.0 Å². The summed E-state index contributed by atoms with van der Waals surface area (Å²) in [6.07, 6.45) is 1.05. The maximum atomic E-state index is 13.4. The van der Waals surface area contributed by atoms with Crippen LogP contribution < -0.4 is 24.6 Å². The minimum absolute atomic E-state index is 0.106. The van der Waals surface area contributed by atoms with Crippen molar-refractivity contribution in [3.05, 3.63) is 87.4 Å². The highest BCUT2D eigenvalue weighted by atomic mass is 16.6. The van der Waals surface area contributed by atoms with Crippen molar-refractivity contribution in [2.45, 2.75) is 52.7 Å². The number of likely N-dealkylation sites (N-methyl/N-ethyl adjacent to an activating group) is 2. The van der Waals surface area contributed by atoms with E-state index in [-0.39, 0.29) is 41.0 Å². The molecule has 1 aliphatic heterocycles. The number of esters is 1. The molecule has 14 nitrogen and oxygen atoms in total. The van der Waals surface area contributed by atoms with Gasteiger partial charge in [0, 0.05) is 56.1 Å². The summed E-state index contributed by atoms with van der Waals surface area (Å²) in [4.78, 5) is 45.3. The number of pyridine rings is 1. The average molecular weight is 699 g/mol. The second-order valence-electron chi connectivity index (χ2n) is 13.8. The number of ether oxygens (including phenoxy) is 3. The van der Waals surface area contributed by atoms with E-state index in [2.05, 4.69) is 24.1 Å². The van der Waals surface area contributed by atoms with Gasteiger partial charge in [0.05, 0.1) is 35.2 Å². The maximum absolute atomic E-state index is 13.4. The summed E-state index contributed by atoms with van der Waals surface area (Å²) in [6, 6.07) is 14.4. The summed E-state index contributed by atoms with van der Waals surface area (Å²) in [5.41, 5.74) is 3.84. The van der Waals surface area contributed by atoms with E-state index in [4.69, 9.17) is 24.2 Å². The first kappa shape index (κ1) is 36.8. The minimum atomic E-state index is -0.567. The molecule has 2 aromatic carbocycles. The van der Waals surface area contributed by atoms with Gasteiger partial charge in [-0.1, -0.05) is 26.0 Å². The lowest BCUT2D eigenvalue weighted by molar-refractivity contribution is -0.384. The largest absolute Gasteiger partial charge is 0.497 e. The highest BCUT2D eigenvalue weighted by Crippen LogP contribution is 2.44. The Balaban J connectivity index is 1.59. The van der Waals surface area contributed by atoms with Crippen LogP contribution >= 0.6 is 0 Å². The number of hydrogen-bond donors (Lipinski definition) is 1. The van der Waals surface area contributed by atoms with Crippen LogP contribution in [0.25, 0.3) is 0 Å². The fourth-order valence-corrected chi connectivity index (χ4v) is 5.77. The monoisotopic (exact) mass is 698 g/mol. The summed E-state index contributed by atoms with van der Waals surface area (Å²) in [7, 11) is 7.30. The van der Waals surface area contributed by atoms with E-state index < -0.39 is 10.9 Å². The molecule has 14 heteroatoms. The van der Waals surface area contributed by atoms with Crippen LogP contribution in [0.15, 0.2) is 54.7 Å². The number of nitro benzene ring substituents is 1. The number of carbonyl (C=O) groups is 1. The molecule has 2 aromatic heterocycles. The van der Waals surface area contributed by atoms with E-state index in [1.807, 2.05) is 79.2 Å². The average Bonchev–Trinajstić information content (AvgIpc) is 3.35. The van der Waals surface area contributed by atoms with Crippen molar-refractivity contribution in [3.8, 4) is 11.5 Å². The van der Waals surface area contributed by atoms with Crippen molar-refractivity contribution in [2.24, 2.45) is 0 Å². The van der Waals surface area contributed by atoms with Crippen molar-refractivity contribution in [3.63, 3.8) is 0 Å². The number of rotatable bonds is 14. The van der Waals surface area contributed by atoms with E-state index >= 15 is 0 Å². The normalized spacial score (nSPS) is 13.3. The third kappa shape index (κ3) is 8.46. The molecule has 0 unspecified atom stereocenters. The highest BCUT2D eigenvalue weighted by Gasteiger charge is 2.40. The fourth-order valence-electron chi connectivity index (χ4n) is 5.77. The zero-order valence-corrected chi connectivity index (χ0v) is 30.7.